The third kappa shape index (κ3) is 3.11. The van der Waals surface area contributed by atoms with E-state index in [1.54, 1.807) is 4.57 Å². The van der Waals surface area contributed by atoms with Crippen LogP contribution in [0.15, 0.2) is 27.4 Å². The first-order chi connectivity index (χ1) is 9.02. The summed E-state index contributed by atoms with van der Waals surface area (Å²) in [6, 6.07) is 6.04. The van der Waals surface area contributed by atoms with Gasteiger partial charge in [-0.05, 0) is 36.5 Å². The van der Waals surface area contributed by atoms with Crippen LogP contribution in [-0.2, 0) is 6.54 Å². The molecule has 3 nitrogen and oxygen atoms in total. The van der Waals surface area contributed by atoms with Crippen molar-refractivity contribution in [1.29, 1.82) is 0 Å². The third-order valence-corrected chi connectivity index (χ3v) is 4.08. The molecule has 0 fully saturated rings. The normalized spacial score (nSPS) is 13.3. The molecule has 0 bridgehead atoms. The molecular weight excluding hydrogens is 306 g/mol. The van der Waals surface area contributed by atoms with Crippen molar-refractivity contribution in [2.24, 2.45) is 5.92 Å². The van der Waals surface area contributed by atoms with Crippen molar-refractivity contribution in [3.63, 3.8) is 0 Å². The van der Waals surface area contributed by atoms with Crippen molar-refractivity contribution < 1.29 is 4.42 Å². The molecule has 0 aliphatic heterocycles. The molecule has 1 unspecified atom stereocenters. The van der Waals surface area contributed by atoms with Crippen molar-refractivity contribution in [3.05, 3.63) is 34.3 Å². The molecule has 0 spiro atoms. The smallest absolute Gasteiger partial charge is 0.408 e. The second-order valence-corrected chi connectivity index (χ2v) is 6.45. The average Bonchev–Trinajstić information content (AvgIpc) is 2.65. The summed E-state index contributed by atoms with van der Waals surface area (Å²) in [5.41, 5.74) is 2.74. The quantitative estimate of drug-likeness (QED) is 0.759. The number of nitrogens with zero attached hydrogens (tertiary/aromatic N) is 1. The molecule has 19 heavy (non-hydrogen) atoms. The van der Waals surface area contributed by atoms with Gasteiger partial charge in [0.2, 0.25) is 0 Å². The molecule has 0 saturated heterocycles. The van der Waals surface area contributed by atoms with Gasteiger partial charge in [-0.15, -0.1) is 0 Å². The Labute approximate surface area is 121 Å². The van der Waals surface area contributed by atoms with Gasteiger partial charge in [-0.25, -0.2) is 4.79 Å². The molecule has 2 aromatic rings. The number of benzene rings is 1. The van der Waals surface area contributed by atoms with Crippen LogP contribution in [0, 0.1) is 5.92 Å². The van der Waals surface area contributed by atoms with Crippen LogP contribution in [0.3, 0.4) is 0 Å². The van der Waals surface area contributed by atoms with Crippen molar-refractivity contribution in [1.82, 2.24) is 4.57 Å². The van der Waals surface area contributed by atoms with Gasteiger partial charge in [-0.1, -0.05) is 42.8 Å². The van der Waals surface area contributed by atoms with Crippen LogP contribution in [0.1, 0.15) is 44.0 Å². The van der Waals surface area contributed by atoms with Gasteiger partial charge in [0.1, 0.15) is 0 Å². The molecule has 0 aliphatic carbocycles. The lowest BCUT2D eigenvalue weighted by Gasteiger charge is -2.12. The summed E-state index contributed by atoms with van der Waals surface area (Å²) in [6.45, 7) is 7.15. The maximum absolute atomic E-state index is 11.8. The topological polar surface area (TPSA) is 35.1 Å². The molecule has 0 amide bonds. The number of halogens is 1. The lowest BCUT2D eigenvalue weighted by Crippen LogP contribution is -2.13. The van der Waals surface area contributed by atoms with Gasteiger partial charge in [0.25, 0.3) is 0 Å². The number of rotatable bonds is 5. The van der Waals surface area contributed by atoms with E-state index in [1.165, 1.54) is 5.56 Å². The highest BCUT2D eigenvalue weighted by molar-refractivity contribution is 9.09. The van der Waals surface area contributed by atoms with E-state index < -0.39 is 0 Å². The van der Waals surface area contributed by atoms with Crippen LogP contribution in [0.2, 0.25) is 0 Å². The fourth-order valence-corrected chi connectivity index (χ4v) is 3.30. The number of oxazole rings is 1. The predicted molar refractivity (Wildman–Crippen MR) is 81.9 cm³/mol. The molecule has 1 aromatic heterocycles. The Morgan fingerprint density at radius 2 is 2.11 bits per heavy atom. The standard InChI is InChI=1S/C15H20BrNO2/c1-4-7-17-13-6-5-11(12(16)8-10(2)3)9-14(13)19-15(17)18/h5-6,9-10,12H,4,7-8H2,1-3H3. The van der Waals surface area contributed by atoms with E-state index in [9.17, 15) is 4.79 Å². The highest BCUT2D eigenvalue weighted by Crippen LogP contribution is 2.31. The monoisotopic (exact) mass is 325 g/mol. The summed E-state index contributed by atoms with van der Waals surface area (Å²) in [4.78, 5) is 12.1. The zero-order valence-corrected chi connectivity index (χ0v) is 13.2. The predicted octanol–water partition coefficient (Wildman–Crippen LogP) is 4.49. The van der Waals surface area contributed by atoms with Crippen LogP contribution in [-0.4, -0.2) is 4.57 Å². The largest absolute Gasteiger partial charge is 0.419 e. The van der Waals surface area contributed by atoms with E-state index in [1.807, 2.05) is 12.1 Å². The average molecular weight is 326 g/mol. The lowest BCUT2D eigenvalue weighted by molar-refractivity contribution is 0.502. The SMILES string of the molecule is CCCn1c(=O)oc2cc(C(Br)CC(C)C)ccc21. The minimum Gasteiger partial charge on any atom is -0.408 e. The van der Waals surface area contributed by atoms with Gasteiger partial charge in [0, 0.05) is 11.4 Å². The summed E-state index contributed by atoms with van der Waals surface area (Å²) in [5.74, 6) is 0.362. The highest BCUT2D eigenvalue weighted by Gasteiger charge is 2.14. The van der Waals surface area contributed by atoms with E-state index in [2.05, 4.69) is 42.8 Å². The zero-order chi connectivity index (χ0) is 14.0. The third-order valence-electron chi connectivity index (χ3n) is 3.18. The van der Waals surface area contributed by atoms with Crippen molar-refractivity contribution in [2.45, 2.75) is 45.0 Å². The second kappa shape index (κ2) is 5.95. The summed E-state index contributed by atoms with van der Waals surface area (Å²) < 4.78 is 7.03. The molecular formula is C15H20BrNO2. The minimum atomic E-state index is -0.260. The fourth-order valence-electron chi connectivity index (χ4n) is 2.26. The summed E-state index contributed by atoms with van der Waals surface area (Å²) in [5, 5.41) is 0. The Bertz CT molecular complexity index is 612. The van der Waals surface area contributed by atoms with E-state index in [4.69, 9.17) is 4.42 Å². The number of aromatic nitrogens is 1. The molecule has 1 heterocycles. The zero-order valence-electron chi connectivity index (χ0n) is 11.6. The molecule has 0 N–H and O–H groups in total. The molecule has 0 aliphatic rings. The maximum Gasteiger partial charge on any atom is 0.419 e. The molecule has 104 valence electrons. The summed E-state index contributed by atoms with van der Waals surface area (Å²) >= 11 is 3.70. The number of hydrogen-bond acceptors (Lipinski definition) is 2. The highest BCUT2D eigenvalue weighted by atomic mass is 79.9. The minimum absolute atomic E-state index is 0.260. The second-order valence-electron chi connectivity index (χ2n) is 5.34. The van der Waals surface area contributed by atoms with Gasteiger partial charge in [-0.2, -0.15) is 0 Å². The first-order valence-electron chi connectivity index (χ1n) is 6.80. The summed E-state index contributed by atoms with van der Waals surface area (Å²) in [6.07, 6.45) is 1.98. The molecule has 1 atom stereocenters. The molecule has 1 aromatic carbocycles. The van der Waals surface area contributed by atoms with Crippen LogP contribution in [0.5, 0.6) is 0 Å². The fraction of sp³-hybridized carbons (Fsp3) is 0.533. The van der Waals surface area contributed by atoms with Gasteiger partial charge in [0.15, 0.2) is 5.58 Å². The molecule has 0 saturated carbocycles. The first-order valence-corrected chi connectivity index (χ1v) is 7.71. The van der Waals surface area contributed by atoms with Gasteiger partial charge in [0.05, 0.1) is 5.52 Å². The van der Waals surface area contributed by atoms with Crippen molar-refractivity contribution >= 4 is 27.0 Å². The van der Waals surface area contributed by atoms with Crippen LogP contribution in [0.4, 0.5) is 0 Å². The van der Waals surface area contributed by atoms with Crippen molar-refractivity contribution in [3.8, 4) is 0 Å². The Morgan fingerprint density at radius 1 is 1.37 bits per heavy atom. The van der Waals surface area contributed by atoms with Crippen molar-refractivity contribution in [2.75, 3.05) is 0 Å². The maximum atomic E-state index is 11.8. The van der Waals surface area contributed by atoms with E-state index >= 15 is 0 Å². The lowest BCUT2D eigenvalue weighted by atomic mass is 10.0. The van der Waals surface area contributed by atoms with Gasteiger partial charge >= 0.3 is 5.76 Å². The van der Waals surface area contributed by atoms with E-state index in [0.29, 0.717) is 22.9 Å². The molecule has 0 radical (unpaired) electrons. The first kappa shape index (κ1) is 14.4. The number of aryl methyl sites for hydroxylation is 1. The van der Waals surface area contributed by atoms with Crippen LogP contribution >= 0.6 is 15.9 Å². The Balaban J connectivity index is 2.39. The Hall–Kier alpha value is -1.03. The van der Waals surface area contributed by atoms with Gasteiger partial charge < -0.3 is 4.42 Å². The van der Waals surface area contributed by atoms with E-state index in [-0.39, 0.29) is 5.76 Å². The number of hydrogen-bond donors (Lipinski definition) is 0. The van der Waals surface area contributed by atoms with Gasteiger partial charge in [-0.3, -0.25) is 4.57 Å². The molecule has 4 heteroatoms. The number of alkyl halides is 1. The van der Waals surface area contributed by atoms with Crippen LogP contribution in [0.25, 0.3) is 11.1 Å². The Morgan fingerprint density at radius 3 is 2.74 bits per heavy atom. The van der Waals surface area contributed by atoms with E-state index in [0.717, 1.165) is 18.4 Å². The van der Waals surface area contributed by atoms with Crippen LogP contribution < -0.4 is 5.76 Å². The molecule has 2 rings (SSSR count). The number of fused-ring (bicyclic) bond motifs is 1. The summed E-state index contributed by atoms with van der Waals surface area (Å²) in [7, 11) is 0. The Kier molecular flexibility index (Phi) is 4.50.